The molecule has 29 heavy (non-hydrogen) atoms. The van der Waals surface area contributed by atoms with Crippen molar-refractivity contribution in [1.29, 1.82) is 0 Å². The Morgan fingerprint density at radius 3 is 2.83 bits per heavy atom. The average molecular weight is 467 g/mol. The van der Waals surface area contributed by atoms with E-state index in [1.54, 1.807) is 12.3 Å². The highest BCUT2D eigenvalue weighted by molar-refractivity contribution is 9.10. The van der Waals surface area contributed by atoms with E-state index in [9.17, 15) is 4.79 Å². The van der Waals surface area contributed by atoms with Crippen LogP contribution in [0.2, 0.25) is 0 Å². The van der Waals surface area contributed by atoms with Crippen LogP contribution >= 0.6 is 27.7 Å². The van der Waals surface area contributed by atoms with Crippen LogP contribution in [0.1, 0.15) is 12.6 Å². The molecule has 1 aromatic carbocycles. The number of rotatable bonds is 4. The molecule has 0 saturated carbocycles. The highest BCUT2D eigenvalue weighted by Crippen LogP contribution is 2.27. The Labute approximate surface area is 177 Å². The molecule has 5 rings (SSSR count). The van der Waals surface area contributed by atoms with Crippen LogP contribution in [0, 0.1) is 0 Å². The van der Waals surface area contributed by atoms with Crippen LogP contribution in [-0.2, 0) is 12.3 Å². The van der Waals surface area contributed by atoms with Gasteiger partial charge in [-0.25, -0.2) is 9.97 Å². The second-order valence-corrected chi connectivity index (χ2v) is 8.34. The lowest BCUT2D eigenvalue weighted by Crippen LogP contribution is -2.15. The monoisotopic (exact) mass is 466 g/mol. The van der Waals surface area contributed by atoms with Gasteiger partial charge in [-0.15, -0.1) is 10.2 Å². The fraction of sp³-hybridized carbons (Fsp3) is 0.150. The van der Waals surface area contributed by atoms with Crippen molar-refractivity contribution in [3.05, 3.63) is 69.2 Å². The molecule has 4 aromatic heterocycles. The van der Waals surface area contributed by atoms with E-state index in [0.29, 0.717) is 22.3 Å². The molecule has 4 heterocycles. The summed E-state index contributed by atoms with van der Waals surface area (Å²) in [6.45, 7) is 2.89. The van der Waals surface area contributed by atoms with Gasteiger partial charge in [0.1, 0.15) is 11.2 Å². The second kappa shape index (κ2) is 7.23. The van der Waals surface area contributed by atoms with Gasteiger partial charge in [0.2, 0.25) is 5.16 Å². The number of hydrogen-bond acceptors (Lipinski definition) is 6. The van der Waals surface area contributed by atoms with E-state index in [0.717, 1.165) is 33.1 Å². The SMILES string of the molecule is CCn1c2ccccc2c2nnc(SCc3cc(=O)n4cc(Br)ccc4n3)nc21. The van der Waals surface area contributed by atoms with Crippen molar-refractivity contribution in [2.24, 2.45) is 0 Å². The molecule has 0 aliphatic carbocycles. The molecule has 0 bridgehead atoms. The van der Waals surface area contributed by atoms with Gasteiger partial charge in [0.15, 0.2) is 5.65 Å². The summed E-state index contributed by atoms with van der Waals surface area (Å²) in [5.41, 5.74) is 3.90. The third kappa shape index (κ3) is 3.20. The zero-order chi connectivity index (χ0) is 20.0. The zero-order valence-corrected chi connectivity index (χ0v) is 17.8. The minimum atomic E-state index is -0.118. The summed E-state index contributed by atoms with van der Waals surface area (Å²) in [5, 5.41) is 10.3. The van der Waals surface area contributed by atoms with E-state index < -0.39 is 0 Å². The van der Waals surface area contributed by atoms with E-state index in [4.69, 9.17) is 4.98 Å². The van der Waals surface area contributed by atoms with Gasteiger partial charge in [0.25, 0.3) is 5.56 Å². The lowest BCUT2D eigenvalue weighted by molar-refractivity contribution is 0.789. The van der Waals surface area contributed by atoms with Gasteiger partial charge in [0, 0.05) is 34.4 Å². The number of fused-ring (bicyclic) bond motifs is 4. The molecule has 0 spiro atoms. The number of thioether (sulfide) groups is 1. The van der Waals surface area contributed by atoms with E-state index in [1.807, 2.05) is 30.3 Å². The molecule has 0 aliphatic heterocycles. The quantitative estimate of drug-likeness (QED) is 0.371. The van der Waals surface area contributed by atoms with Crippen molar-refractivity contribution in [2.45, 2.75) is 24.4 Å². The smallest absolute Gasteiger partial charge is 0.258 e. The highest BCUT2D eigenvalue weighted by atomic mass is 79.9. The van der Waals surface area contributed by atoms with Crippen molar-refractivity contribution in [2.75, 3.05) is 0 Å². The molecule has 0 unspecified atom stereocenters. The molecule has 7 nitrogen and oxygen atoms in total. The van der Waals surface area contributed by atoms with Crippen molar-refractivity contribution in [3.63, 3.8) is 0 Å². The number of benzene rings is 1. The zero-order valence-electron chi connectivity index (χ0n) is 15.4. The molecular weight excluding hydrogens is 452 g/mol. The van der Waals surface area contributed by atoms with Crippen LogP contribution in [-0.4, -0.2) is 29.1 Å². The van der Waals surface area contributed by atoms with Crippen LogP contribution in [0.5, 0.6) is 0 Å². The summed E-state index contributed by atoms with van der Waals surface area (Å²) in [6.07, 6.45) is 1.71. The summed E-state index contributed by atoms with van der Waals surface area (Å²) in [5.74, 6) is 0.487. The third-order valence-electron chi connectivity index (χ3n) is 4.70. The summed E-state index contributed by atoms with van der Waals surface area (Å²) < 4.78 is 4.49. The standard InChI is InChI=1S/C20H15BrN6OS/c1-2-26-15-6-4-3-5-14(15)18-19(26)23-20(25-24-18)29-11-13-9-17(28)27-10-12(21)7-8-16(27)22-13/h3-10H,2,11H2,1H3. The Balaban J connectivity index is 1.49. The van der Waals surface area contributed by atoms with E-state index in [-0.39, 0.29) is 5.56 Å². The number of hydrogen-bond donors (Lipinski definition) is 0. The predicted molar refractivity (Wildman–Crippen MR) is 117 cm³/mol. The molecule has 0 atom stereocenters. The largest absolute Gasteiger partial charge is 0.324 e. The molecule has 0 saturated heterocycles. The Kier molecular flexibility index (Phi) is 4.56. The Morgan fingerprint density at radius 2 is 1.97 bits per heavy atom. The highest BCUT2D eigenvalue weighted by Gasteiger charge is 2.14. The first-order chi connectivity index (χ1) is 14.1. The van der Waals surface area contributed by atoms with Crippen LogP contribution in [0.3, 0.4) is 0 Å². The fourth-order valence-electron chi connectivity index (χ4n) is 3.41. The number of aromatic nitrogens is 6. The number of aryl methyl sites for hydroxylation is 1. The van der Waals surface area contributed by atoms with Crippen molar-refractivity contribution in [1.82, 2.24) is 29.1 Å². The molecule has 9 heteroatoms. The van der Waals surface area contributed by atoms with Crippen molar-refractivity contribution >= 4 is 55.4 Å². The molecule has 0 amide bonds. The fourth-order valence-corrected chi connectivity index (χ4v) is 4.42. The van der Waals surface area contributed by atoms with E-state index in [2.05, 4.69) is 48.7 Å². The molecule has 5 aromatic rings. The average Bonchev–Trinajstić information content (AvgIpc) is 3.05. The van der Waals surface area contributed by atoms with Crippen LogP contribution in [0.25, 0.3) is 27.7 Å². The minimum absolute atomic E-state index is 0.118. The second-order valence-electron chi connectivity index (χ2n) is 6.48. The van der Waals surface area contributed by atoms with E-state index >= 15 is 0 Å². The van der Waals surface area contributed by atoms with Crippen molar-refractivity contribution < 1.29 is 0 Å². The first-order valence-electron chi connectivity index (χ1n) is 9.06. The predicted octanol–water partition coefficient (Wildman–Crippen LogP) is 4.06. The molecule has 0 radical (unpaired) electrons. The molecular formula is C20H15BrN6OS. The van der Waals surface area contributed by atoms with Gasteiger partial charge in [-0.3, -0.25) is 9.20 Å². The van der Waals surface area contributed by atoms with Crippen LogP contribution in [0.4, 0.5) is 0 Å². The van der Waals surface area contributed by atoms with Gasteiger partial charge in [-0.05, 0) is 41.1 Å². The van der Waals surface area contributed by atoms with Gasteiger partial charge in [-0.1, -0.05) is 30.0 Å². The maximum Gasteiger partial charge on any atom is 0.258 e. The van der Waals surface area contributed by atoms with Gasteiger partial charge >= 0.3 is 0 Å². The summed E-state index contributed by atoms with van der Waals surface area (Å²) in [4.78, 5) is 21.7. The lowest BCUT2D eigenvalue weighted by atomic mass is 10.2. The normalized spacial score (nSPS) is 11.7. The number of halogens is 1. The van der Waals surface area contributed by atoms with Gasteiger partial charge in [0.05, 0.1) is 11.2 Å². The number of pyridine rings is 1. The van der Waals surface area contributed by atoms with E-state index in [1.165, 1.54) is 16.2 Å². The minimum Gasteiger partial charge on any atom is -0.324 e. The number of para-hydroxylation sites is 1. The Bertz CT molecular complexity index is 1440. The van der Waals surface area contributed by atoms with Crippen LogP contribution < -0.4 is 5.56 Å². The van der Waals surface area contributed by atoms with Gasteiger partial charge in [-0.2, -0.15) is 0 Å². The number of nitrogens with zero attached hydrogens (tertiary/aromatic N) is 6. The summed E-state index contributed by atoms with van der Waals surface area (Å²) >= 11 is 4.79. The summed E-state index contributed by atoms with van der Waals surface area (Å²) in [6, 6.07) is 13.3. The molecule has 0 fully saturated rings. The first-order valence-corrected chi connectivity index (χ1v) is 10.8. The summed E-state index contributed by atoms with van der Waals surface area (Å²) in [7, 11) is 0. The Hall–Kier alpha value is -2.78. The van der Waals surface area contributed by atoms with Crippen LogP contribution in [0.15, 0.2) is 63.1 Å². The molecule has 0 N–H and O–H groups in total. The maximum absolute atomic E-state index is 12.4. The first kappa shape index (κ1) is 18.3. The van der Waals surface area contributed by atoms with Gasteiger partial charge < -0.3 is 4.57 Å². The lowest BCUT2D eigenvalue weighted by Gasteiger charge is -2.05. The maximum atomic E-state index is 12.4. The molecule has 0 aliphatic rings. The van der Waals surface area contributed by atoms with Crippen molar-refractivity contribution in [3.8, 4) is 0 Å². The topological polar surface area (TPSA) is 78.0 Å². The third-order valence-corrected chi connectivity index (χ3v) is 6.04. The Morgan fingerprint density at radius 1 is 1.10 bits per heavy atom. The molecule has 144 valence electrons.